The smallest absolute Gasteiger partial charge is 0.310 e. The van der Waals surface area contributed by atoms with E-state index in [4.69, 9.17) is 9.47 Å². The lowest BCUT2D eigenvalue weighted by Gasteiger charge is -2.30. The van der Waals surface area contributed by atoms with Crippen LogP contribution in [0.15, 0.2) is 24.3 Å². The highest BCUT2D eigenvalue weighted by molar-refractivity contribution is 5.71. The molecule has 21 heavy (non-hydrogen) atoms. The fraction of sp³-hybridized carbons (Fsp3) is 0.562. The van der Waals surface area contributed by atoms with Gasteiger partial charge in [-0.25, -0.2) is 0 Å². The van der Waals surface area contributed by atoms with Gasteiger partial charge in [0.15, 0.2) is 0 Å². The largest absolute Gasteiger partial charge is 0.496 e. The number of hydrogen-bond donors (Lipinski definition) is 1. The predicted octanol–water partition coefficient (Wildman–Crippen LogP) is 2.01. The van der Waals surface area contributed by atoms with E-state index in [1.54, 1.807) is 7.11 Å². The van der Waals surface area contributed by atoms with Crippen LogP contribution in [0.4, 0.5) is 0 Å². The summed E-state index contributed by atoms with van der Waals surface area (Å²) in [6.07, 6.45) is 0.970. The fourth-order valence-electron chi connectivity index (χ4n) is 2.84. The number of benzene rings is 1. The van der Waals surface area contributed by atoms with E-state index in [1.165, 1.54) is 0 Å². The quantitative estimate of drug-likeness (QED) is 0.833. The van der Waals surface area contributed by atoms with Crippen LogP contribution in [0.2, 0.25) is 0 Å². The second kappa shape index (κ2) is 7.43. The Morgan fingerprint density at radius 1 is 1.43 bits per heavy atom. The highest BCUT2D eigenvalue weighted by Crippen LogP contribution is 2.25. The number of hydrogen-bond acceptors (Lipinski definition) is 4. The minimum atomic E-state index is -0.779. The van der Waals surface area contributed by atoms with E-state index in [-0.39, 0.29) is 6.04 Å². The molecule has 0 amide bonds. The maximum atomic E-state index is 11.4. The molecule has 1 aromatic rings. The molecule has 2 rings (SSSR count). The Morgan fingerprint density at radius 2 is 2.19 bits per heavy atom. The van der Waals surface area contributed by atoms with Crippen LogP contribution in [0.3, 0.4) is 0 Å². The van der Waals surface area contributed by atoms with E-state index in [1.807, 2.05) is 24.3 Å². The summed E-state index contributed by atoms with van der Waals surface area (Å²) in [7, 11) is 1.65. The summed E-state index contributed by atoms with van der Waals surface area (Å²) in [5, 5.41) is 9.34. The first-order valence-corrected chi connectivity index (χ1v) is 7.33. The molecule has 0 saturated carbocycles. The third-order valence-corrected chi connectivity index (χ3v) is 3.91. The van der Waals surface area contributed by atoms with Crippen molar-refractivity contribution in [2.45, 2.75) is 25.9 Å². The summed E-state index contributed by atoms with van der Waals surface area (Å²) in [5.41, 5.74) is 1.07. The molecule has 1 fully saturated rings. The number of methoxy groups -OCH3 is 1. The first-order valence-electron chi connectivity index (χ1n) is 7.33. The van der Waals surface area contributed by atoms with Gasteiger partial charge in [0, 0.05) is 18.2 Å². The summed E-state index contributed by atoms with van der Waals surface area (Å²) in [5.74, 6) is -0.394. The maximum Gasteiger partial charge on any atom is 0.310 e. The molecule has 0 spiro atoms. The molecule has 1 heterocycles. The molecule has 0 bridgehead atoms. The zero-order valence-corrected chi connectivity index (χ0v) is 12.6. The highest BCUT2D eigenvalue weighted by atomic mass is 16.5. The molecule has 1 aliphatic rings. The number of rotatable bonds is 7. The summed E-state index contributed by atoms with van der Waals surface area (Å²) < 4.78 is 10.8. The van der Waals surface area contributed by atoms with E-state index in [0.717, 1.165) is 24.3 Å². The summed E-state index contributed by atoms with van der Waals surface area (Å²) in [6.45, 7) is 4.39. The molecule has 0 aliphatic carbocycles. The molecule has 1 saturated heterocycles. The van der Waals surface area contributed by atoms with Gasteiger partial charge in [0.1, 0.15) is 5.75 Å². The number of ether oxygens (including phenoxy) is 2. The van der Waals surface area contributed by atoms with Crippen LogP contribution < -0.4 is 4.74 Å². The van der Waals surface area contributed by atoms with E-state index in [9.17, 15) is 9.90 Å². The minimum Gasteiger partial charge on any atom is -0.496 e. The van der Waals surface area contributed by atoms with Gasteiger partial charge in [0.25, 0.3) is 0 Å². The molecule has 0 aromatic heterocycles. The molecular formula is C16H23NO4. The van der Waals surface area contributed by atoms with Crippen LogP contribution in [-0.2, 0) is 16.1 Å². The van der Waals surface area contributed by atoms with Gasteiger partial charge < -0.3 is 14.6 Å². The van der Waals surface area contributed by atoms with Crippen LogP contribution in [0, 0.1) is 5.92 Å². The number of aliphatic carboxylic acids is 1. The molecule has 116 valence electrons. The topological polar surface area (TPSA) is 59.0 Å². The van der Waals surface area contributed by atoms with Crippen molar-refractivity contribution in [3.05, 3.63) is 29.8 Å². The van der Waals surface area contributed by atoms with Crippen LogP contribution in [0.25, 0.3) is 0 Å². The lowest BCUT2D eigenvalue weighted by molar-refractivity contribution is -0.143. The fourth-order valence-corrected chi connectivity index (χ4v) is 2.84. The van der Waals surface area contributed by atoms with Crippen molar-refractivity contribution in [1.29, 1.82) is 0 Å². The van der Waals surface area contributed by atoms with Crippen molar-refractivity contribution in [3.63, 3.8) is 0 Å². The summed E-state index contributed by atoms with van der Waals surface area (Å²) >= 11 is 0. The van der Waals surface area contributed by atoms with Crippen molar-refractivity contribution in [2.75, 3.05) is 26.9 Å². The number of nitrogens with zero attached hydrogens (tertiary/aromatic N) is 1. The molecular weight excluding hydrogens is 270 g/mol. The standard InChI is InChI=1S/C16H23NO4/c1-3-8-17(14-11-21-10-13(14)16(18)19)9-12-6-4-5-7-15(12)20-2/h4-7,13-14H,3,8-11H2,1-2H3,(H,18,19). The average Bonchev–Trinajstić information content (AvgIpc) is 2.97. The van der Waals surface area contributed by atoms with Gasteiger partial charge >= 0.3 is 5.97 Å². The highest BCUT2D eigenvalue weighted by Gasteiger charge is 2.37. The van der Waals surface area contributed by atoms with Crippen LogP contribution in [0.1, 0.15) is 18.9 Å². The Hall–Kier alpha value is -1.59. The van der Waals surface area contributed by atoms with Gasteiger partial charge in [-0.3, -0.25) is 9.69 Å². The molecule has 2 unspecified atom stereocenters. The van der Waals surface area contributed by atoms with Crippen molar-refractivity contribution >= 4 is 5.97 Å². The van der Waals surface area contributed by atoms with Gasteiger partial charge in [-0.1, -0.05) is 25.1 Å². The zero-order chi connectivity index (χ0) is 15.2. The number of carbonyl (C=O) groups is 1. The minimum absolute atomic E-state index is 0.0765. The maximum absolute atomic E-state index is 11.4. The van der Waals surface area contributed by atoms with Gasteiger partial charge in [-0.05, 0) is 19.0 Å². The number of para-hydroxylation sites is 1. The molecule has 1 N–H and O–H groups in total. The number of carboxylic acid groups (broad SMARTS) is 1. The predicted molar refractivity (Wildman–Crippen MR) is 79.4 cm³/mol. The summed E-state index contributed by atoms with van der Waals surface area (Å²) in [4.78, 5) is 13.6. The molecule has 5 nitrogen and oxygen atoms in total. The normalized spacial score (nSPS) is 21.7. The van der Waals surface area contributed by atoms with Gasteiger partial charge in [-0.2, -0.15) is 0 Å². The lowest BCUT2D eigenvalue weighted by Crippen LogP contribution is -2.43. The van der Waals surface area contributed by atoms with Crippen LogP contribution in [-0.4, -0.2) is 48.9 Å². The Bertz CT molecular complexity index is 477. The molecule has 1 aromatic carbocycles. The van der Waals surface area contributed by atoms with Crippen molar-refractivity contribution < 1.29 is 19.4 Å². The van der Waals surface area contributed by atoms with Gasteiger partial charge in [-0.15, -0.1) is 0 Å². The van der Waals surface area contributed by atoms with Crippen molar-refractivity contribution in [3.8, 4) is 5.75 Å². The van der Waals surface area contributed by atoms with E-state index >= 15 is 0 Å². The van der Waals surface area contributed by atoms with Crippen molar-refractivity contribution in [2.24, 2.45) is 5.92 Å². The van der Waals surface area contributed by atoms with E-state index in [0.29, 0.717) is 19.8 Å². The van der Waals surface area contributed by atoms with Crippen LogP contribution >= 0.6 is 0 Å². The second-order valence-corrected chi connectivity index (χ2v) is 5.33. The Labute approximate surface area is 125 Å². The van der Waals surface area contributed by atoms with Gasteiger partial charge in [0.05, 0.1) is 26.2 Å². The Morgan fingerprint density at radius 3 is 2.86 bits per heavy atom. The average molecular weight is 293 g/mol. The SMILES string of the molecule is CCCN(Cc1ccccc1OC)C1COCC1C(=O)O. The third kappa shape index (κ3) is 3.74. The third-order valence-electron chi connectivity index (χ3n) is 3.91. The van der Waals surface area contributed by atoms with Crippen molar-refractivity contribution in [1.82, 2.24) is 4.90 Å². The first kappa shape index (κ1) is 15.8. The monoisotopic (exact) mass is 293 g/mol. The van der Waals surface area contributed by atoms with E-state index in [2.05, 4.69) is 11.8 Å². The van der Waals surface area contributed by atoms with Crippen LogP contribution in [0.5, 0.6) is 5.75 Å². The van der Waals surface area contributed by atoms with Gasteiger partial charge in [0.2, 0.25) is 0 Å². The molecule has 1 aliphatic heterocycles. The summed E-state index contributed by atoms with van der Waals surface area (Å²) in [6, 6.07) is 7.78. The number of carboxylic acids is 1. The lowest BCUT2D eigenvalue weighted by atomic mass is 10.0. The zero-order valence-electron chi connectivity index (χ0n) is 12.6. The second-order valence-electron chi connectivity index (χ2n) is 5.33. The first-order chi connectivity index (χ1) is 10.2. The van der Waals surface area contributed by atoms with E-state index < -0.39 is 11.9 Å². The molecule has 5 heteroatoms. The molecule has 0 radical (unpaired) electrons. The molecule has 2 atom stereocenters. The Kier molecular flexibility index (Phi) is 5.59. The Balaban J connectivity index is 2.17.